The lowest BCUT2D eigenvalue weighted by Crippen LogP contribution is -2.22. The SMILES string of the molecule is CC(O)CCN(C)Cc1cc(F)cc(C#CCCO)c1. The van der Waals surface area contributed by atoms with E-state index in [1.54, 1.807) is 6.92 Å². The van der Waals surface area contributed by atoms with E-state index in [0.29, 0.717) is 24.9 Å². The summed E-state index contributed by atoms with van der Waals surface area (Å²) in [5, 5.41) is 17.9. The fourth-order valence-electron chi connectivity index (χ4n) is 1.83. The van der Waals surface area contributed by atoms with Crippen molar-refractivity contribution in [2.24, 2.45) is 0 Å². The molecule has 2 N–H and O–H groups in total. The molecule has 0 aliphatic rings. The van der Waals surface area contributed by atoms with Gasteiger partial charge >= 0.3 is 0 Å². The van der Waals surface area contributed by atoms with Crippen LogP contribution in [0.25, 0.3) is 0 Å². The highest BCUT2D eigenvalue weighted by Crippen LogP contribution is 2.11. The van der Waals surface area contributed by atoms with Crippen LogP contribution in [0.2, 0.25) is 0 Å². The number of aliphatic hydroxyl groups is 2. The molecule has 110 valence electrons. The molecule has 1 atom stereocenters. The molecule has 0 heterocycles. The van der Waals surface area contributed by atoms with Crippen molar-refractivity contribution in [1.82, 2.24) is 4.90 Å². The van der Waals surface area contributed by atoms with Crippen LogP contribution in [-0.2, 0) is 6.54 Å². The minimum Gasteiger partial charge on any atom is -0.395 e. The molecule has 20 heavy (non-hydrogen) atoms. The van der Waals surface area contributed by atoms with Crippen molar-refractivity contribution in [2.75, 3.05) is 20.2 Å². The maximum atomic E-state index is 13.5. The molecule has 3 nitrogen and oxygen atoms in total. The van der Waals surface area contributed by atoms with Crippen molar-refractivity contribution >= 4 is 0 Å². The smallest absolute Gasteiger partial charge is 0.124 e. The number of rotatable bonds is 6. The summed E-state index contributed by atoms with van der Waals surface area (Å²) in [4.78, 5) is 2.03. The second-order valence-corrected chi connectivity index (χ2v) is 5.00. The quantitative estimate of drug-likeness (QED) is 0.780. The summed E-state index contributed by atoms with van der Waals surface area (Å²) in [5.41, 5.74) is 1.48. The minimum atomic E-state index is -0.329. The van der Waals surface area contributed by atoms with E-state index in [-0.39, 0.29) is 18.5 Å². The van der Waals surface area contributed by atoms with Crippen LogP contribution < -0.4 is 0 Å². The van der Waals surface area contributed by atoms with Gasteiger partial charge in [0.2, 0.25) is 0 Å². The molecule has 0 amide bonds. The Balaban J connectivity index is 2.68. The lowest BCUT2D eigenvalue weighted by Gasteiger charge is -2.17. The third kappa shape index (κ3) is 6.67. The van der Waals surface area contributed by atoms with Crippen molar-refractivity contribution in [3.8, 4) is 11.8 Å². The Hall–Kier alpha value is -1.41. The molecule has 0 saturated carbocycles. The molecule has 0 saturated heterocycles. The van der Waals surface area contributed by atoms with E-state index < -0.39 is 0 Å². The number of halogens is 1. The summed E-state index contributed by atoms with van der Waals surface area (Å²) in [6, 6.07) is 4.74. The molecule has 0 aromatic heterocycles. The normalized spacial score (nSPS) is 12.1. The van der Waals surface area contributed by atoms with E-state index in [0.717, 1.165) is 12.1 Å². The van der Waals surface area contributed by atoms with Crippen LogP contribution in [0.1, 0.15) is 30.9 Å². The molecular formula is C16H22FNO2. The Labute approximate surface area is 120 Å². The Morgan fingerprint density at radius 1 is 1.35 bits per heavy atom. The van der Waals surface area contributed by atoms with Crippen LogP contribution in [0.15, 0.2) is 18.2 Å². The molecule has 0 fully saturated rings. The third-order valence-electron chi connectivity index (χ3n) is 2.81. The number of nitrogens with zero attached hydrogens (tertiary/aromatic N) is 1. The number of hydrogen-bond acceptors (Lipinski definition) is 3. The van der Waals surface area contributed by atoms with Gasteiger partial charge in [-0.25, -0.2) is 4.39 Å². The zero-order valence-corrected chi connectivity index (χ0v) is 12.1. The van der Waals surface area contributed by atoms with Gasteiger partial charge in [-0.15, -0.1) is 0 Å². The number of aliphatic hydroxyl groups excluding tert-OH is 2. The summed E-state index contributed by atoms with van der Waals surface area (Å²) >= 11 is 0. The first kappa shape index (κ1) is 16.6. The number of hydrogen-bond donors (Lipinski definition) is 2. The van der Waals surface area contributed by atoms with Gasteiger partial charge in [-0.2, -0.15) is 0 Å². The Morgan fingerprint density at radius 2 is 2.10 bits per heavy atom. The molecule has 0 bridgehead atoms. The van der Waals surface area contributed by atoms with Gasteiger partial charge in [-0.1, -0.05) is 11.8 Å². The van der Waals surface area contributed by atoms with Gasteiger partial charge in [0, 0.05) is 25.1 Å². The molecule has 0 aliphatic heterocycles. The molecule has 1 aromatic rings. The van der Waals surface area contributed by atoms with Gasteiger partial charge in [0.25, 0.3) is 0 Å². The van der Waals surface area contributed by atoms with Crippen LogP contribution in [0, 0.1) is 17.7 Å². The summed E-state index contributed by atoms with van der Waals surface area (Å²) in [6.07, 6.45) is 0.750. The second kappa shape index (κ2) is 8.70. The molecular weight excluding hydrogens is 257 g/mol. The minimum absolute atomic E-state index is 0.0112. The fourth-order valence-corrected chi connectivity index (χ4v) is 1.83. The van der Waals surface area contributed by atoms with Gasteiger partial charge in [0.15, 0.2) is 0 Å². The highest BCUT2D eigenvalue weighted by molar-refractivity contribution is 5.37. The van der Waals surface area contributed by atoms with E-state index >= 15 is 0 Å². The van der Waals surface area contributed by atoms with E-state index in [1.807, 2.05) is 18.0 Å². The van der Waals surface area contributed by atoms with Crippen molar-refractivity contribution in [3.63, 3.8) is 0 Å². The van der Waals surface area contributed by atoms with Gasteiger partial charge in [-0.05, 0) is 44.2 Å². The van der Waals surface area contributed by atoms with E-state index in [2.05, 4.69) is 11.8 Å². The Kier molecular flexibility index (Phi) is 7.24. The van der Waals surface area contributed by atoms with E-state index in [4.69, 9.17) is 5.11 Å². The summed E-state index contributed by atoms with van der Waals surface area (Å²) in [5.74, 6) is 5.32. The van der Waals surface area contributed by atoms with Crippen molar-refractivity contribution in [2.45, 2.75) is 32.4 Å². The van der Waals surface area contributed by atoms with Crippen LogP contribution in [0.4, 0.5) is 4.39 Å². The highest BCUT2D eigenvalue weighted by Gasteiger charge is 2.05. The molecule has 0 radical (unpaired) electrons. The van der Waals surface area contributed by atoms with Crippen LogP contribution >= 0.6 is 0 Å². The first-order valence-corrected chi connectivity index (χ1v) is 6.77. The maximum absolute atomic E-state index is 13.5. The largest absolute Gasteiger partial charge is 0.395 e. The second-order valence-electron chi connectivity index (χ2n) is 5.00. The molecule has 1 aromatic carbocycles. The monoisotopic (exact) mass is 279 g/mol. The highest BCUT2D eigenvalue weighted by atomic mass is 19.1. The van der Waals surface area contributed by atoms with E-state index in [1.165, 1.54) is 12.1 Å². The standard InChI is InChI=1S/C16H22FNO2/c1-13(20)6-7-18(2)12-15-9-14(5-3-4-8-19)10-16(17)11-15/h9-11,13,19-20H,4,6-8,12H2,1-2H3. The van der Waals surface area contributed by atoms with Crippen LogP contribution in [0.3, 0.4) is 0 Å². The van der Waals surface area contributed by atoms with E-state index in [9.17, 15) is 9.50 Å². The maximum Gasteiger partial charge on any atom is 0.124 e. The van der Waals surface area contributed by atoms with Crippen LogP contribution in [-0.4, -0.2) is 41.4 Å². The molecule has 4 heteroatoms. The predicted molar refractivity (Wildman–Crippen MR) is 77.6 cm³/mol. The van der Waals surface area contributed by atoms with Gasteiger partial charge in [0.1, 0.15) is 5.82 Å². The Morgan fingerprint density at radius 3 is 2.75 bits per heavy atom. The molecule has 0 spiro atoms. The topological polar surface area (TPSA) is 43.7 Å². The van der Waals surface area contributed by atoms with Gasteiger partial charge < -0.3 is 15.1 Å². The van der Waals surface area contributed by atoms with Crippen molar-refractivity contribution in [3.05, 3.63) is 35.1 Å². The van der Waals surface area contributed by atoms with Crippen LogP contribution in [0.5, 0.6) is 0 Å². The predicted octanol–water partition coefficient (Wildman–Crippen LogP) is 1.76. The van der Waals surface area contributed by atoms with Gasteiger partial charge in [0.05, 0.1) is 12.7 Å². The zero-order valence-electron chi connectivity index (χ0n) is 12.1. The summed E-state index contributed by atoms with van der Waals surface area (Å²) in [7, 11) is 1.93. The number of benzene rings is 1. The summed E-state index contributed by atoms with van der Waals surface area (Å²) in [6.45, 7) is 3.13. The fraction of sp³-hybridized carbons (Fsp3) is 0.500. The zero-order chi connectivity index (χ0) is 15.0. The van der Waals surface area contributed by atoms with Crippen molar-refractivity contribution in [1.29, 1.82) is 0 Å². The molecule has 1 unspecified atom stereocenters. The lowest BCUT2D eigenvalue weighted by molar-refractivity contribution is 0.163. The van der Waals surface area contributed by atoms with Crippen molar-refractivity contribution < 1.29 is 14.6 Å². The third-order valence-corrected chi connectivity index (χ3v) is 2.81. The molecule has 0 aliphatic carbocycles. The Bertz CT molecular complexity index is 477. The lowest BCUT2D eigenvalue weighted by atomic mass is 10.1. The van der Waals surface area contributed by atoms with Gasteiger partial charge in [-0.3, -0.25) is 0 Å². The average molecular weight is 279 g/mol. The summed E-state index contributed by atoms with van der Waals surface area (Å²) < 4.78 is 13.5. The first-order valence-electron chi connectivity index (χ1n) is 6.77. The average Bonchev–Trinajstić information content (AvgIpc) is 2.36. The molecule has 1 rings (SSSR count). The first-order chi connectivity index (χ1) is 9.51.